The van der Waals surface area contributed by atoms with Crippen molar-refractivity contribution in [2.75, 3.05) is 33.3 Å². The number of rotatable bonds is 54. The molecule has 1 aliphatic rings. The van der Waals surface area contributed by atoms with E-state index in [0.717, 1.165) is 4.90 Å². The molecule has 656 valence electrons. The van der Waals surface area contributed by atoms with Crippen LogP contribution >= 0.6 is 0 Å². The third-order valence-electron chi connectivity index (χ3n) is 19.1. The predicted molar refractivity (Wildman–Crippen MR) is 415 cm³/mol. The second kappa shape index (κ2) is 50.3. The molecule has 0 spiro atoms. The van der Waals surface area contributed by atoms with Crippen molar-refractivity contribution < 1.29 is 122 Å². The van der Waals surface area contributed by atoms with E-state index >= 15 is 0 Å². The molecule has 0 radical (unpaired) electrons. The summed E-state index contributed by atoms with van der Waals surface area (Å²) in [6.07, 6.45) is -6.00. The second-order valence-corrected chi connectivity index (χ2v) is 30.4. The fourth-order valence-corrected chi connectivity index (χ4v) is 12.4. The molecule has 0 aliphatic carbocycles. The van der Waals surface area contributed by atoms with Crippen LogP contribution in [-0.4, -0.2) is 266 Å². The van der Waals surface area contributed by atoms with Crippen molar-refractivity contribution in [3.63, 3.8) is 0 Å². The molecule has 0 bridgehead atoms. The van der Waals surface area contributed by atoms with Crippen LogP contribution in [0.5, 0.6) is 5.75 Å². The molecule has 1 saturated heterocycles. The van der Waals surface area contributed by atoms with Gasteiger partial charge in [0, 0.05) is 25.8 Å². The van der Waals surface area contributed by atoms with Gasteiger partial charge in [-0.1, -0.05) is 80.9 Å². The van der Waals surface area contributed by atoms with E-state index in [-0.39, 0.29) is 89.6 Å². The lowest BCUT2D eigenvalue weighted by Gasteiger charge is -2.32. The smallest absolute Gasteiger partial charge is 0.326 e. The number of phenolic OH excluding ortho intramolecular Hbond substituents is 1. The molecule has 43 heteroatoms. The third-order valence-corrected chi connectivity index (χ3v) is 19.1. The number of carbonyl (C=O) groups is 19. The molecule has 15 amide bonds. The topological polar surface area (TPSA) is 709 Å². The normalized spacial score (nSPS) is 16.2. The summed E-state index contributed by atoms with van der Waals surface area (Å²) >= 11 is 0. The van der Waals surface area contributed by atoms with Gasteiger partial charge in [-0.3, -0.25) is 86.3 Å². The number of aliphatic hydroxyl groups is 1. The lowest BCUT2D eigenvalue weighted by molar-refractivity contribution is -0.144. The molecule has 0 unspecified atom stereocenters. The van der Waals surface area contributed by atoms with Crippen molar-refractivity contribution in [1.82, 2.24) is 74.0 Å². The van der Waals surface area contributed by atoms with Crippen molar-refractivity contribution in [3.8, 4) is 5.75 Å². The summed E-state index contributed by atoms with van der Waals surface area (Å²) in [4.78, 5) is 258. The predicted octanol–water partition coefficient (Wildman–Crippen LogP) is -5.97. The molecule has 1 aromatic carbocycles. The number of carboxylic acid groups (broad SMARTS) is 4. The summed E-state index contributed by atoms with van der Waals surface area (Å²) < 4.78 is 0. The number of nitrogens with two attached hydrogens (primary N) is 4. The number of hydrogen-bond acceptors (Lipinski definition) is 24. The zero-order valence-electron chi connectivity index (χ0n) is 67.7. The zero-order chi connectivity index (χ0) is 88.9. The average molecular weight is 1660 g/mol. The Labute approximate surface area is 676 Å². The molecule has 117 heavy (non-hydrogen) atoms. The minimum Gasteiger partial charge on any atom is -0.508 e. The van der Waals surface area contributed by atoms with E-state index in [1.807, 2.05) is 0 Å². The molecule has 15 atom stereocenters. The largest absolute Gasteiger partial charge is 0.508 e. The van der Waals surface area contributed by atoms with Gasteiger partial charge in [-0.2, -0.15) is 0 Å². The van der Waals surface area contributed by atoms with Gasteiger partial charge < -0.3 is 128 Å². The number of phenols is 1. The number of carboxylic acids is 4. The number of aromatic hydroxyl groups is 1. The van der Waals surface area contributed by atoms with E-state index in [1.54, 1.807) is 48.6 Å². The van der Waals surface area contributed by atoms with Crippen molar-refractivity contribution in [3.05, 3.63) is 29.8 Å². The fourth-order valence-electron chi connectivity index (χ4n) is 12.4. The van der Waals surface area contributed by atoms with Crippen LogP contribution in [0.15, 0.2) is 24.3 Å². The van der Waals surface area contributed by atoms with Gasteiger partial charge in [0.1, 0.15) is 84.3 Å². The number of likely N-dealkylation sites (N-methyl/N-ethyl adjacent to an activating group) is 1. The first kappa shape index (κ1) is 102. The first-order valence-corrected chi connectivity index (χ1v) is 38.6. The van der Waals surface area contributed by atoms with E-state index in [1.165, 1.54) is 45.0 Å². The maximum atomic E-state index is 14.7. The highest BCUT2D eigenvalue weighted by atomic mass is 16.4. The van der Waals surface area contributed by atoms with Crippen molar-refractivity contribution in [2.24, 2.45) is 46.1 Å². The lowest BCUT2D eigenvalue weighted by atomic mass is 9.86. The Morgan fingerprint density at radius 3 is 1.25 bits per heavy atom. The minimum absolute atomic E-state index is 0.0685. The summed E-state index contributed by atoms with van der Waals surface area (Å²) in [5.41, 5.74) is 22.3. The van der Waals surface area contributed by atoms with Crippen LogP contribution in [0, 0.1) is 23.2 Å². The molecule has 0 aromatic heterocycles. The van der Waals surface area contributed by atoms with Gasteiger partial charge in [0.2, 0.25) is 88.6 Å². The maximum Gasteiger partial charge on any atom is 0.326 e. The minimum atomic E-state index is -2.08. The van der Waals surface area contributed by atoms with Crippen LogP contribution in [0.25, 0.3) is 0 Å². The monoisotopic (exact) mass is 1660 g/mol. The highest BCUT2D eigenvalue weighted by Crippen LogP contribution is 2.23. The van der Waals surface area contributed by atoms with E-state index in [9.17, 15) is 122 Å². The quantitative estimate of drug-likeness (QED) is 0.0270. The van der Waals surface area contributed by atoms with E-state index < -0.39 is 272 Å². The first-order valence-electron chi connectivity index (χ1n) is 38.6. The van der Waals surface area contributed by atoms with E-state index in [0.29, 0.717) is 5.56 Å². The number of nitrogens with zero attached hydrogens (tertiary/aromatic N) is 1. The molecule has 2 rings (SSSR count). The molecular formula is C74H120N18O25. The number of unbranched alkanes of at least 4 members (excludes halogenated alkanes) is 2. The number of primary amides is 2. The van der Waals surface area contributed by atoms with Crippen molar-refractivity contribution in [2.45, 2.75) is 256 Å². The van der Waals surface area contributed by atoms with E-state index in [2.05, 4.69) is 69.1 Å². The number of aliphatic carboxylic acids is 4. The highest BCUT2D eigenvalue weighted by molar-refractivity contribution is 6.02. The Bertz CT molecular complexity index is 3630. The van der Waals surface area contributed by atoms with Gasteiger partial charge in [-0.05, 0) is 125 Å². The summed E-state index contributed by atoms with van der Waals surface area (Å²) in [5.74, 6) is -24.9. The van der Waals surface area contributed by atoms with Crippen LogP contribution < -0.4 is 92.1 Å². The van der Waals surface area contributed by atoms with Crippen LogP contribution in [0.4, 0.5) is 0 Å². The van der Waals surface area contributed by atoms with E-state index in [4.69, 9.17) is 22.9 Å². The Kier molecular flexibility index (Phi) is 43.8. The number of likely N-dealkylation sites (tertiary alicyclic amines) is 1. The van der Waals surface area contributed by atoms with Gasteiger partial charge in [-0.15, -0.1) is 0 Å². The summed E-state index contributed by atoms with van der Waals surface area (Å²) in [6, 6.07) is -17.5. The molecule has 27 N–H and O–H groups in total. The average Bonchev–Trinajstić information content (AvgIpc) is 1.76. The molecular weight excluding hydrogens is 1540 g/mol. The maximum absolute atomic E-state index is 14.7. The van der Waals surface area contributed by atoms with Crippen LogP contribution in [-0.2, 0) is 97.5 Å². The number of hydrogen-bond donors (Lipinski definition) is 23. The van der Waals surface area contributed by atoms with Crippen LogP contribution in [0.2, 0.25) is 0 Å². The molecule has 43 nitrogen and oxygen atoms in total. The number of benzene rings is 1. The summed E-state index contributed by atoms with van der Waals surface area (Å²) in [7, 11) is 1.54. The molecule has 1 fully saturated rings. The van der Waals surface area contributed by atoms with Crippen molar-refractivity contribution in [1.29, 1.82) is 0 Å². The fraction of sp³-hybridized carbons (Fsp3) is 0.662. The molecule has 1 aliphatic heterocycles. The zero-order valence-corrected chi connectivity index (χ0v) is 67.7. The number of amides is 15. The molecule has 1 heterocycles. The number of aliphatic hydroxyl groups excluding tert-OH is 1. The lowest BCUT2D eigenvalue weighted by Crippen LogP contribution is -2.62. The van der Waals surface area contributed by atoms with Gasteiger partial charge in [0.05, 0.1) is 31.9 Å². The van der Waals surface area contributed by atoms with Gasteiger partial charge in [-0.25, -0.2) is 4.79 Å². The Morgan fingerprint density at radius 1 is 0.462 bits per heavy atom. The first-order chi connectivity index (χ1) is 54.7. The second-order valence-electron chi connectivity index (χ2n) is 30.4. The highest BCUT2D eigenvalue weighted by Gasteiger charge is 2.43. The summed E-state index contributed by atoms with van der Waals surface area (Å²) in [6.45, 7) is 13.5. The van der Waals surface area contributed by atoms with Crippen molar-refractivity contribution >= 4 is 112 Å². The number of carbonyl (C=O) groups excluding carboxylic acids is 15. The Balaban J connectivity index is 2.48. The van der Waals surface area contributed by atoms with Crippen LogP contribution in [0.3, 0.4) is 0 Å². The summed E-state index contributed by atoms with van der Waals surface area (Å²) in [5, 5.41) is 91.1. The van der Waals surface area contributed by atoms with Crippen LogP contribution in [0.1, 0.15) is 171 Å². The molecule has 1 aromatic rings. The molecule has 0 saturated carbocycles. The Morgan fingerprint density at radius 2 is 0.838 bits per heavy atom. The third kappa shape index (κ3) is 35.4. The van der Waals surface area contributed by atoms with Gasteiger partial charge in [0.25, 0.3) is 0 Å². The van der Waals surface area contributed by atoms with Gasteiger partial charge >= 0.3 is 23.9 Å². The standard InChI is InChI=1S/C74H120N18O25/c1-11-38(6)58(70(113)89-56(36(2)3)69(112)87-48(73(116)117)31-39-20-22-40(94)23-21-39)91-65(108)46(33-52(78)96)84-64(107)47(34-55(101)102)85-67(110)50-19-16-30-92(50)72(115)44(18-13-15-29-76)83-66(109)49(35-93)88-62(105)43(25-27-54(99)100)82-61(104)42(24-26-53(97)98)81-60(103)41(17-12-14-28-75)80-63(106)45(32-51(77)95)86-68(111)57(37(4)5)90-71(114)59(79-10)74(7,8)9/h20-23,36-38,41-50,56-59,79,93-94H,11-19,24-35,75-76H2,1-10H3,(H2,77,95)(H2,78,96)(H,80,106)(H,81,103)(H,82,104)(H,83,109)(H,84,107)(H,85,110)(H,86,111)(H,87,112)(H,88,105)(H,89,113)(H,90,114)(H,91,108)(H,97,98)(H,99,100)(H,101,102)(H,116,117)/t38-,41-,42-,43-,44-,45-,46-,47-,48-,49-,50-,56-,57-,58-,59+/m0/s1. The SMILES string of the molecule is CC[C@H](C)[C@H](NC(=O)[C@H](CC(N)=O)NC(=O)[C@H](CC(=O)O)NC(=O)[C@@H]1CCCN1C(=O)[C@H](CCCCN)NC(=O)[C@H](CO)NC(=O)[C@H](CCC(=O)O)NC(=O)[C@H](CCC(=O)O)NC(=O)[C@H](CCCCN)NC(=O)[C@H](CC(N)=O)NC(=O)[C@@H](NC(=O)[C@@H](NC)C(C)(C)C)C(C)C)C(=O)N[C@H](C(=O)N[C@@H](Cc1ccc(O)cc1)C(=O)O)C(C)C. The Hall–Kier alpha value is -11.2. The van der Waals surface area contributed by atoms with Gasteiger partial charge in [0.15, 0.2) is 0 Å². The number of nitrogens with one attached hydrogen (secondary N) is 13.